The first-order chi connectivity index (χ1) is 16.1. The zero-order valence-electron chi connectivity index (χ0n) is 19.9. The number of piperidine rings is 1. The van der Waals surface area contributed by atoms with Gasteiger partial charge in [0.2, 0.25) is 5.91 Å². The van der Waals surface area contributed by atoms with Crippen molar-refractivity contribution in [2.45, 2.75) is 64.3 Å². The number of hydrogen-bond donors (Lipinski definition) is 2. The first-order valence-electron chi connectivity index (χ1n) is 12.4. The minimum atomic E-state index is -0.275. The van der Waals surface area contributed by atoms with Gasteiger partial charge in [0.05, 0.1) is 0 Å². The van der Waals surface area contributed by atoms with Crippen LogP contribution in [-0.4, -0.2) is 41.5 Å². The van der Waals surface area contributed by atoms with Crippen molar-refractivity contribution < 1.29 is 9.18 Å². The third-order valence-corrected chi connectivity index (χ3v) is 7.12. The fraction of sp³-hybridized carbons (Fsp3) is 0.464. The van der Waals surface area contributed by atoms with Gasteiger partial charge in [0.1, 0.15) is 5.82 Å². The number of H-pyrrole nitrogens is 1. The monoisotopic (exact) mass is 449 g/mol. The highest BCUT2D eigenvalue weighted by atomic mass is 19.1. The molecule has 0 spiro atoms. The van der Waals surface area contributed by atoms with Crippen LogP contribution in [-0.2, 0) is 11.2 Å². The number of aryl methyl sites for hydroxylation is 1. The number of nitrogens with one attached hydrogen (secondary N) is 2. The molecular formula is C28H36FN3O. The second kappa shape index (κ2) is 11.0. The fourth-order valence-electron chi connectivity index (χ4n) is 5.21. The van der Waals surface area contributed by atoms with Crippen LogP contribution in [0.1, 0.15) is 68.6 Å². The van der Waals surface area contributed by atoms with Crippen LogP contribution in [0.2, 0.25) is 0 Å². The number of carbonyl (C=O) groups is 1. The smallest absolute Gasteiger partial charge is 0.220 e. The van der Waals surface area contributed by atoms with E-state index in [4.69, 9.17) is 0 Å². The number of carbonyl (C=O) groups excluding carboxylic acids is 1. The number of benzene rings is 2. The van der Waals surface area contributed by atoms with Gasteiger partial charge in [-0.25, -0.2) is 4.39 Å². The zero-order chi connectivity index (χ0) is 23.2. The Morgan fingerprint density at radius 2 is 2.09 bits per heavy atom. The van der Waals surface area contributed by atoms with Crippen molar-refractivity contribution in [3.05, 3.63) is 71.2 Å². The standard InChI is InChI=1S/C28H36FN3O/c1-3-21-10-7-13-24-26(19-31-28(21)24)25(22-11-6-12-23(29)17-22)18-27(33)30-14-8-16-32-15-5-4-9-20(32)2/h6-7,10-13,17,19-20,25,31H,3-5,8-9,14-16,18H2,1-2H3,(H,30,33)/t20-,25-/m0/s1. The second-order valence-electron chi connectivity index (χ2n) is 9.33. The molecule has 1 fully saturated rings. The van der Waals surface area contributed by atoms with E-state index < -0.39 is 0 Å². The first kappa shape index (κ1) is 23.5. The van der Waals surface area contributed by atoms with Crippen molar-refractivity contribution in [3.63, 3.8) is 0 Å². The van der Waals surface area contributed by atoms with E-state index in [1.54, 1.807) is 12.1 Å². The highest BCUT2D eigenvalue weighted by Crippen LogP contribution is 2.34. The molecule has 0 unspecified atom stereocenters. The lowest BCUT2D eigenvalue weighted by Crippen LogP contribution is -2.39. The minimum Gasteiger partial charge on any atom is -0.361 e. The van der Waals surface area contributed by atoms with E-state index in [0.29, 0.717) is 19.0 Å². The number of para-hydroxylation sites is 1. The van der Waals surface area contributed by atoms with E-state index in [2.05, 4.69) is 47.2 Å². The summed E-state index contributed by atoms with van der Waals surface area (Å²) in [7, 11) is 0. The second-order valence-corrected chi connectivity index (χ2v) is 9.33. The van der Waals surface area contributed by atoms with Crippen molar-refractivity contribution in [2.24, 2.45) is 0 Å². The molecule has 5 heteroatoms. The molecule has 1 saturated heterocycles. The lowest BCUT2D eigenvalue weighted by Gasteiger charge is -2.33. The van der Waals surface area contributed by atoms with Crippen LogP contribution in [0.5, 0.6) is 0 Å². The van der Waals surface area contributed by atoms with Crippen LogP contribution in [0.3, 0.4) is 0 Å². The number of aromatic nitrogens is 1. The SMILES string of the molecule is CCc1cccc2c([C@@H](CC(=O)NCCCN3CCCC[C@@H]3C)c3cccc(F)c3)c[nH]c12. The van der Waals surface area contributed by atoms with E-state index in [9.17, 15) is 9.18 Å². The Labute approximate surface area is 196 Å². The Morgan fingerprint density at radius 3 is 2.88 bits per heavy atom. The number of aromatic amines is 1. The highest BCUT2D eigenvalue weighted by molar-refractivity contribution is 5.88. The van der Waals surface area contributed by atoms with Gasteiger partial charge in [-0.15, -0.1) is 0 Å². The van der Waals surface area contributed by atoms with Gasteiger partial charge in [-0.05, 0) is 68.0 Å². The predicted molar refractivity (Wildman–Crippen MR) is 133 cm³/mol. The van der Waals surface area contributed by atoms with Crippen LogP contribution in [0.25, 0.3) is 10.9 Å². The van der Waals surface area contributed by atoms with Crippen LogP contribution in [0, 0.1) is 5.82 Å². The van der Waals surface area contributed by atoms with Crippen molar-refractivity contribution >= 4 is 16.8 Å². The molecule has 3 aromatic rings. The molecule has 0 radical (unpaired) electrons. The number of nitrogens with zero attached hydrogens (tertiary/aromatic N) is 1. The Morgan fingerprint density at radius 1 is 1.24 bits per heavy atom. The van der Waals surface area contributed by atoms with Crippen molar-refractivity contribution in [3.8, 4) is 0 Å². The van der Waals surface area contributed by atoms with Gasteiger partial charge < -0.3 is 15.2 Å². The maximum Gasteiger partial charge on any atom is 0.220 e. The number of amides is 1. The molecule has 2 heterocycles. The summed E-state index contributed by atoms with van der Waals surface area (Å²) in [5.41, 5.74) is 4.22. The molecule has 0 bridgehead atoms. The quantitative estimate of drug-likeness (QED) is 0.407. The van der Waals surface area contributed by atoms with E-state index in [1.165, 1.54) is 30.9 Å². The molecule has 4 nitrogen and oxygen atoms in total. The minimum absolute atomic E-state index is 0.0111. The van der Waals surface area contributed by atoms with Gasteiger partial charge in [-0.3, -0.25) is 4.79 Å². The number of rotatable bonds is 9. The molecule has 2 atom stereocenters. The van der Waals surface area contributed by atoms with E-state index >= 15 is 0 Å². The van der Waals surface area contributed by atoms with Crippen LogP contribution < -0.4 is 5.32 Å². The summed E-state index contributed by atoms with van der Waals surface area (Å²) in [6.45, 7) is 7.30. The van der Waals surface area contributed by atoms with E-state index in [0.717, 1.165) is 48.0 Å². The van der Waals surface area contributed by atoms with Gasteiger partial charge in [0, 0.05) is 48.6 Å². The molecule has 176 valence electrons. The van der Waals surface area contributed by atoms with Gasteiger partial charge >= 0.3 is 0 Å². The summed E-state index contributed by atoms with van der Waals surface area (Å²) in [4.78, 5) is 18.9. The summed E-state index contributed by atoms with van der Waals surface area (Å²) < 4.78 is 14.1. The molecule has 2 N–H and O–H groups in total. The van der Waals surface area contributed by atoms with E-state index in [-0.39, 0.29) is 17.6 Å². The molecule has 2 aromatic carbocycles. The number of halogens is 1. The van der Waals surface area contributed by atoms with Crippen molar-refractivity contribution in [1.29, 1.82) is 0 Å². The molecule has 4 rings (SSSR count). The molecule has 1 aliphatic heterocycles. The maximum atomic E-state index is 14.1. The molecule has 1 aromatic heterocycles. The van der Waals surface area contributed by atoms with Gasteiger partial charge in [0.15, 0.2) is 0 Å². The van der Waals surface area contributed by atoms with Crippen LogP contribution in [0.15, 0.2) is 48.7 Å². The molecule has 1 aliphatic rings. The largest absolute Gasteiger partial charge is 0.361 e. The highest BCUT2D eigenvalue weighted by Gasteiger charge is 2.23. The average Bonchev–Trinajstić information content (AvgIpc) is 3.25. The van der Waals surface area contributed by atoms with Crippen LogP contribution in [0.4, 0.5) is 4.39 Å². The lowest BCUT2D eigenvalue weighted by molar-refractivity contribution is -0.121. The molecule has 1 amide bonds. The molecule has 0 aliphatic carbocycles. The molecule has 0 saturated carbocycles. The van der Waals surface area contributed by atoms with E-state index in [1.807, 2.05) is 12.3 Å². The first-order valence-corrected chi connectivity index (χ1v) is 12.4. The normalized spacial score (nSPS) is 17.8. The van der Waals surface area contributed by atoms with Gasteiger partial charge in [-0.1, -0.05) is 43.7 Å². The lowest BCUT2D eigenvalue weighted by atomic mass is 9.87. The number of likely N-dealkylation sites (tertiary alicyclic amines) is 1. The summed E-state index contributed by atoms with van der Waals surface area (Å²) in [6, 6.07) is 13.6. The average molecular weight is 450 g/mol. The number of hydrogen-bond acceptors (Lipinski definition) is 2. The maximum absolute atomic E-state index is 14.1. The topological polar surface area (TPSA) is 48.1 Å². The summed E-state index contributed by atoms with van der Waals surface area (Å²) in [5.74, 6) is -0.469. The third-order valence-electron chi connectivity index (χ3n) is 7.12. The zero-order valence-corrected chi connectivity index (χ0v) is 19.9. The summed E-state index contributed by atoms with van der Waals surface area (Å²) in [5, 5.41) is 4.22. The van der Waals surface area contributed by atoms with Gasteiger partial charge in [-0.2, -0.15) is 0 Å². The Hall–Kier alpha value is -2.66. The Balaban J connectivity index is 1.46. The molecule has 33 heavy (non-hydrogen) atoms. The molecular weight excluding hydrogens is 413 g/mol. The number of fused-ring (bicyclic) bond motifs is 1. The van der Waals surface area contributed by atoms with Crippen molar-refractivity contribution in [1.82, 2.24) is 15.2 Å². The Kier molecular flexibility index (Phi) is 7.81. The van der Waals surface area contributed by atoms with Crippen LogP contribution >= 0.6 is 0 Å². The third kappa shape index (κ3) is 5.64. The fourth-order valence-corrected chi connectivity index (χ4v) is 5.21. The van der Waals surface area contributed by atoms with Crippen molar-refractivity contribution in [2.75, 3.05) is 19.6 Å². The predicted octanol–water partition coefficient (Wildman–Crippen LogP) is 5.77. The van der Waals surface area contributed by atoms with Gasteiger partial charge in [0.25, 0.3) is 0 Å². The Bertz CT molecular complexity index is 1080. The summed E-state index contributed by atoms with van der Waals surface area (Å²) >= 11 is 0. The summed E-state index contributed by atoms with van der Waals surface area (Å²) in [6.07, 6.45) is 8.04.